The Morgan fingerprint density at radius 3 is 2.05 bits per heavy atom. The number of fused-ring (bicyclic) bond motifs is 2. The Morgan fingerprint density at radius 1 is 0.891 bits per heavy atom. The Morgan fingerprint density at radius 2 is 1.48 bits per heavy atom. The van der Waals surface area contributed by atoms with Crippen molar-refractivity contribution in [1.82, 2.24) is 19.9 Å². The molecule has 0 radical (unpaired) electrons. The molecular formula is C49H80N4O11. The molecule has 6 fully saturated rings. The smallest absolute Gasteiger partial charge is 0.308 e. The molecule has 7 aliphatic rings. The van der Waals surface area contributed by atoms with Crippen molar-refractivity contribution >= 4 is 11.9 Å². The molecule has 3 aliphatic heterocycles. The normalized spacial score (nSPS) is 42.7. The van der Waals surface area contributed by atoms with Gasteiger partial charge in [-0.2, -0.15) is 0 Å². The molecule has 4 aliphatic carbocycles. The quantitative estimate of drug-likeness (QED) is 0.217. The first-order valence-electron chi connectivity index (χ1n) is 24.4. The number of esters is 2. The van der Waals surface area contributed by atoms with Gasteiger partial charge in [0.1, 0.15) is 35.4 Å². The van der Waals surface area contributed by atoms with Crippen LogP contribution in [0, 0.1) is 47.3 Å². The molecule has 4 heterocycles. The molecule has 4 saturated carbocycles. The van der Waals surface area contributed by atoms with Crippen molar-refractivity contribution in [1.29, 1.82) is 0 Å². The zero-order valence-electron chi connectivity index (χ0n) is 40.9. The fourth-order valence-electron chi connectivity index (χ4n) is 12.7. The fraction of sp³-hybridized carbons (Fsp3) is 0.878. The SMILES string of the molecule is CC[C@H]1OC(O)[C@H](C)[C@@H](OCc2cn(C34CC5CC(CC(C5)C3)C4)nn2)[C@H](C)[C@@H](O[C@@H]2O[C@H](C)C[C@H](N(C)C)[C@H]2O)[C@@]2(C)CC(C)=C(O2)[C@H](C)[C@@H](OC(=O)C(C)C)[C@@H]1OC(=O)C(C)C. The van der Waals surface area contributed by atoms with E-state index in [9.17, 15) is 19.8 Å². The largest absolute Gasteiger partial charge is 0.488 e. The van der Waals surface area contributed by atoms with Gasteiger partial charge in [0.15, 0.2) is 24.8 Å². The second-order valence-corrected chi connectivity index (χ2v) is 22.0. The van der Waals surface area contributed by atoms with Crippen molar-refractivity contribution < 1.29 is 53.0 Å². The number of carbonyl (C=O) groups excluding carboxylic acids is 2. The molecule has 1 aromatic rings. The fourth-order valence-corrected chi connectivity index (χ4v) is 12.7. The third kappa shape index (κ3) is 9.97. The van der Waals surface area contributed by atoms with Crippen LogP contribution < -0.4 is 0 Å². The van der Waals surface area contributed by atoms with Crippen LogP contribution in [0.15, 0.2) is 17.5 Å². The lowest BCUT2D eigenvalue weighted by molar-refractivity contribution is -0.301. The summed E-state index contributed by atoms with van der Waals surface area (Å²) in [6.07, 6.45) is 2.65. The molecule has 64 heavy (non-hydrogen) atoms. The first-order chi connectivity index (χ1) is 30.1. The summed E-state index contributed by atoms with van der Waals surface area (Å²) in [5, 5.41) is 33.6. The Bertz CT molecular complexity index is 1780. The molecule has 1 unspecified atom stereocenters. The van der Waals surface area contributed by atoms with Gasteiger partial charge >= 0.3 is 11.9 Å². The number of aliphatic hydroxyl groups is 2. The predicted octanol–water partition coefficient (Wildman–Crippen LogP) is 6.52. The lowest BCUT2D eigenvalue weighted by atomic mass is 9.53. The molecule has 0 spiro atoms. The first-order valence-corrected chi connectivity index (χ1v) is 24.4. The Balaban J connectivity index is 1.28. The second-order valence-electron chi connectivity index (χ2n) is 22.0. The monoisotopic (exact) mass is 901 g/mol. The molecule has 2 saturated heterocycles. The number of carbonyl (C=O) groups is 2. The van der Waals surface area contributed by atoms with Crippen molar-refractivity contribution in [3.63, 3.8) is 0 Å². The molecule has 6 bridgehead atoms. The van der Waals surface area contributed by atoms with Crippen molar-refractivity contribution in [2.75, 3.05) is 14.1 Å². The van der Waals surface area contributed by atoms with Gasteiger partial charge in [-0.1, -0.05) is 60.6 Å². The van der Waals surface area contributed by atoms with E-state index < -0.39 is 96.3 Å². The summed E-state index contributed by atoms with van der Waals surface area (Å²) >= 11 is 0. The van der Waals surface area contributed by atoms with Gasteiger partial charge < -0.3 is 48.3 Å². The lowest BCUT2D eigenvalue weighted by Crippen LogP contribution is -2.59. The molecule has 1 aromatic heterocycles. The zero-order valence-corrected chi connectivity index (χ0v) is 40.9. The lowest BCUT2D eigenvalue weighted by Gasteiger charge is -2.56. The minimum Gasteiger partial charge on any atom is -0.488 e. The summed E-state index contributed by atoms with van der Waals surface area (Å²) in [5.74, 6) is -0.908. The Labute approximate surface area is 381 Å². The molecule has 2 N–H and O–H groups in total. The van der Waals surface area contributed by atoms with Crippen molar-refractivity contribution in [2.24, 2.45) is 47.3 Å². The van der Waals surface area contributed by atoms with E-state index in [1.807, 2.05) is 67.5 Å². The number of rotatable bonds is 12. The van der Waals surface area contributed by atoms with E-state index in [2.05, 4.69) is 16.0 Å². The highest BCUT2D eigenvalue weighted by Gasteiger charge is 2.56. The summed E-state index contributed by atoms with van der Waals surface area (Å²) in [7, 11) is 3.88. The van der Waals surface area contributed by atoms with Crippen molar-refractivity contribution in [2.45, 2.75) is 213 Å². The molecule has 15 nitrogen and oxygen atoms in total. The van der Waals surface area contributed by atoms with Crippen LogP contribution in [-0.2, 0) is 54.9 Å². The summed E-state index contributed by atoms with van der Waals surface area (Å²) in [5.41, 5.74) is 0.544. The van der Waals surface area contributed by atoms with E-state index in [1.54, 1.807) is 27.7 Å². The molecule has 15 heteroatoms. The summed E-state index contributed by atoms with van der Waals surface area (Å²) in [6.45, 7) is 20.8. The highest BCUT2D eigenvalue weighted by atomic mass is 16.7. The highest BCUT2D eigenvalue weighted by molar-refractivity contribution is 5.73. The first kappa shape index (κ1) is 49.3. The minimum atomic E-state index is -1.43. The van der Waals surface area contributed by atoms with Crippen LogP contribution in [0.5, 0.6) is 0 Å². The Kier molecular flexibility index (Phi) is 15.0. The average molecular weight is 901 g/mol. The number of nitrogens with zero attached hydrogens (tertiary/aromatic N) is 4. The van der Waals surface area contributed by atoms with Crippen molar-refractivity contribution in [3.8, 4) is 0 Å². The number of ether oxygens (including phenoxy) is 7. The van der Waals surface area contributed by atoms with E-state index >= 15 is 0 Å². The molecule has 14 atom stereocenters. The summed E-state index contributed by atoms with van der Waals surface area (Å²) in [4.78, 5) is 29.1. The van der Waals surface area contributed by atoms with Gasteiger partial charge in [-0.15, -0.1) is 5.10 Å². The molecule has 362 valence electrons. The third-order valence-electron chi connectivity index (χ3n) is 15.7. The number of hydrogen-bond donors (Lipinski definition) is 2. The van der Waals surface area contributed by atoms with Gasteiger partial charge in [-0.25, -0.2) is 4.68 Å². The average Bonchev–Trinajstić information content (AvgIpc) is 3.84. The maximum atomic E-state index is 13.6. The van der Waals surface area contributed by atoms with Gasteiger partial charge in [0, 0.05) is 24.3 Å². The molecule has 0 amide bonds. The highest BCUT2D eigenvalue weighted by Crippen LogP contribution is 2.58. The number of aliphatic hydroxyl groups excluding tert-OH is 2. The molecule has 8 rings (SSSR count). The van der Waals surface area contributed by atoms with Crippen LogP contribution in [0.4, 0.5) is 0 Å². The van der Waals surface area contributed by atoms with Crippen LogP contribution in [-0.4, -0.2) is 123 Å². The zero-order chi connectivity index (χ0) is 46.6. The van der Waals surface area contributed by atoms with E-state index in [1.165, 1.54) is 19.3 Å². The predicted molar refractivity (Wildman–Crippen MR) is 237 cm³/mol. The topological polar surface area (TPSA) is 173 Å². The Hall–Kier alpha value is -2.66. The number of likely N-dealkylation sites (N-methyl/N-ethyl adjacent to an activating group) is 1. The van der Waals surface area contributed by atoms with Crippen molar-refractivity contribution in [3.05, 3.63) is 23.2 Å². The number of hydrogen-bond acceptors (Lipinski definition) is 14. The standard InChI is InChI=1S/C49H80N4O11/c1-14-37-42(62-45(56)26(4)5)41(61-44(55)25(2)3)29(8)39-27(6)19-48(11,64-39)43(63-47-38(54)36(52(12)13)15-28(7)59-47)30(9)40(31(10)46(57)60-37)58-24-35-23-53(51-50-35)49-20-32-16-33(21-49)18-34(17-32)22-49/h23,25-26,28-34,36-38,40-43,46-47,54,57H,14-22,24H2,1-13H3/t28-,29+,30+,31-,32?,33?,34?,36+,37-,38-,40+,41-,42-,43-,46?,47+,48-,49?/m1/s1. The van der Waals surface area contributed by atoms with Crippen LogP contribution in [0.1, 0.15) is 140 Å². The maximum absolute atomic E-state index is 13.6. The van der Waals surface area contributed by atoms with E-state index in [4.69, 9.17) is 38.4 Å². The van der Waals surface area contributed by atoms with Crippen LogP contribution in [0.3, 0.4) is 0 Å². The van der Waals surface area contributed by atoms with Gasteiger partial charge in [0.2, 0.25) is 0 Å². The third-order valence-corrected chi connectivity index (χ3v) is 15.7. The molecule has 0 aromatic carbocycles. The van der Waals surface area contributed by atoms with E-state index in [0.29, 0.717) is 30.7 Å². The maximum Gasteiger partial charge on any atom is 0.308 e. The van der Waals surface area contributed by atoms with Gasteiger partial charge in [0.05, 0.1) is 48.3 Å². The van der Waals surface area contributed by atoms with Gasteiger partial charge in [-0.3, -0.25) is 9.59 Å². The van der Waals surface area contributed by atoms with Crippen LogP contribution >= 0.6 is 0 Å². The minimum absolute atomic E-state index is 0.00218. The van der Waals surface area contributed by atoms with Crippen LogP contribution in [0.2, 0.25) is 0 Å². The number of aromatic nitrogens is 3. The van der Waals surface area contributed by atoms with E-state index in [-0.39, 0.29) is 24.3 Å². The van der Waals surface area contributed by atoms with Crippen LogP contribution in [0.25, 0.3) is 0 Å². The summed E-state index contributed by atoms with van der Waals surface area (Å²) < 4.78 is 49.0. The van der Waals surface area contributed by atoms with Gasteiger partial charge in [-0.05, 0) is 110 Å². The van der Waals surface area contributed by atoms with Gasteiger partial charge in [0.25, 0.3) is 0 Å². The summed E-state index contributed by atoms with van der Waals surface area (Å²) in [6, 6.07) is -0.225. The second kappa shape index (κ2) is 19.5. The van der Waals surface area contributed by atoms with E-state index in [0.717, 1.165) is 42.6 Å². The molecular weight excluding hydrogens is 821 g/mol.